The van der Waals surface area contributed by atoms with Crippen LogP contribution in [0.3, 0.4) is 0 Å². The Kier molecular flexibility index (Phi) is 4.13. The number of rotatable bonds is 3. The Hall–Kier alpha value is -3.01. The maximum absolute atomic E-state index is 12.9. The first-order valence-electron chi connectivity index (χ1n) is 7.69. The highest BCUT2D eigenvalue weighted by atomic mass is 16.5. The van der Waals surface area contributed by atoms with Crippen molar-refractivity contribution < 1.29 is 19.1 Å². The van der Waals surface area contributed by atoms with Gasteiger partial charge in [0.2, 0.25) is 5.78 Å². The molecule has 1 aliphatic rings. The second-order valence-corrected chi connectivity index (χ2v) is 5.77. The Morgan fingerprint density at radius 3 is 1.96 bits per heavy atom. The summed E-state index contributed by atoms with van der Waals surface area (Å²) in [5.41, 5.74) is 0.977. The van der Waals surface area contributed by atoms with E-state index in [4.69, 9.17) is 4.74 Å². The molecule has 3 rings (SSSR count). The minimum absolute atomic E-state index is 0.102. The zero-order valence-electron chi connectivity index (χ0n) is 13.4. The Morgan fingerprint density at radius 2 is 1.38 bits per heavy atom. The lowest BCUT2D eigenvalue weighted by Gasteiger charge is -2.21. The number of hydrogen-bond acceptors (Lipinski definition) is 4. The minimum Gasteiger partial charge on any atom is -0.459 e. The second-order valence-electron chi connectivity index (χ2n) is 5.77. The molecule has 0 saturated carbocycles. The lowest BCUT2D eigenvalue weighted by Crippen LogP contribution is -2.28. The normalized spacial score (nSPS) is 14.0. The van der Waals surface area contributed by atoms with E-state index in [0.717, 1.165) is 0 Å². The van der Waals surface area contributed by atoms with Crippen molar-refractivity contribution in [3.8, 4) is 0 Å². The van der Waals surface area contributed by atoms with Gasteiger partial charge in [-0.05, 0) is 19.4 Å². The van der Waals surface area contributed by atoms with Crippen LogP contribution in [0.4, 0.5) is 0 Å². The number of carbonyl (C=O) groups excluding carboxylic acids is 3. The van der Waals surface area contributed by atoms with Crippen LogP contribution in [0, 0.1) is 0 Å². The van der Waals surface area contributed by atoms with E-state index >= 15 is 0 Å². The lowest BCUT2D eigenvalue weighted by molar-refractivity contribution is -0.142. The molecule has 4 heteroatoms. The van der Waals surface area contributed by atoms with E-state index in [9.17, 15) is 14.4 Å². The monoisotopic (exact) mass is 320 g/mol. The number of allylic oxidation sites excluding steroid dienone is 1. The summed E-state index contributed by atoms with van der Waals surface area (Å²) >= 11 is 0. The Morgan fingerprint density at radius 1 is 0.833 bits per heavy atom. The molecule has 0 bridgehead atoms. The van der Waals surface area contributed by atoms with E-state index < -0.39 is 11.8 Å². The molecule has 0 radical (unpaired) electrons. The molecule has 0 heterocycles. The summed E-state index contributed by atoms with van der Waals surface area (Å²) in [5, 5.41) is 0. The van der Waals surface area contributed by atoms with Gasteiger partial charge < -0.3 is 4.74 Å². The van der Waals surface area contributed by atoms with Crippen molar-refractivity contribution in [1.82, 2.24) is 0 Å². The van der Waals surface area contributed by atoms with Gasteiger partial charge in [-0.25, -0.2) is 4.79 Å². The van der Waals surface area contributed by atoms with Crippen molar-refractivity contribution in [2.45, 2.75) is 20.0 Å². The largest absolute Gasteiger partial charge is 0.459 e. The van der Waals surface area contributed by atoms with Crippen LogP contribution in [0.1, 0.15) is 40.1 Å². The Balaban J connectivity index is 2.25. The van der Waals surface area contributed by atoms with Crippen molar-refractivity contribution >= 4 is 23.1 Å². The molecular formula is C20H16O4. The molecule has 0 unspecified atom stereocenters. The molecule has 24 heavy (non-hydrogen) atoms. The van der Waals surface area contributed by atoms with E-state index in [1.54, 1.807) is 68.4 Å². The van der Waals surface area contributed by atoms with Crippen molar-refractivity contribution in [2.75, 3.05) is 0 Å². The molecule has 0 amide bonds. The summed E-state index contributed by atoms with van der Waals surface area (Å²) in [6.07, 6.45) is -0.387. The maximum Gasteiger partial charge on any atom is 0.343 e. The molecule has 0 saturated heterocycles. The number of esters is 1. The molecule has 4 nitrogen and oxygen atoms in total. The molecule has 120 valence electrons. The molecule has 1 aliphatic carbocycles. The SMILES string of the molecule is CC(C)OC(=O)C1=C(c2ccccc2)C(=O)c2ccccc2C1=O. The summed E-state index contributed by atoms with van der Waals surface area (Å²) in [7, 11) is 0. The molecule has 0 atom stereocenters. The highest BCUT2D eigenvalue weighted by Crippen LogP contribution is 2.33. The van der Waals surface area contributed by atoms with Crippen LogP contribution in [-0.2, 0) is 9.53 Å². The topological polar surface area (TPSA) is 60.4 Å². The molecular weight excluding hydrogens is 304 g/mol. The number of hydrogen-bond donors (Lipinski definition) is 0. The fourth-order valence-corrected chi connectivity index (χ4v) is 2.72. The molecule has 2 aromatic rings. The van der Waals surface area contributed by atoms with Gasteiger partial charge in [0.1, 0.15) is 5.57 Å². The predicted octanol–water partition coefficient (Wildman–Crippen LogP) is 3.47. The van der Waals surface area contributed by atoms with Crippen LogP contribution in [-0.4, -0.2) is 23.6 Å². The number of carbonyl (C=O) groups is 3. The molecule has 0 aromatic heterocycles. The van der Waals surface area contributed by atoms with Crippen LogP contribution < -0.4 is 0 Å². The summed E-state index contributed by atoms with van der Waals surface area (Å²) < 4.78 is 5.21. The van der Waals surface area contributed by atoms with Gasteiger partial charge in [0.25, 0.3) is 0 Å². The van der Waals surface area contributed by atoms with Gasteiger partial charge >= 0.3 is 5.97 Å². The van der Waals surface area contributed by atoms with Gasteiger partial charge in [-0.3, -0.25) is 9.59 Å². The van der Waals surface area contributed by atoms with Gasteiger partial charge in [0.05, 0.1) is 6.10 Å². The van der Waals surface area contributed by atoms with Crippen molar-refractivity contribution in [3.63, 3.8) is 0 Å². The van der Waals surface area contributed by atoms with E-state index in [-0.39, 0.29) is 28.6 Å². The standard InChI is InChI=1S/C20H16O4/c1-12(2)24-20(23)17-16(13-8-4-3-5-9-13)18(21)14-10-6-7-11-15(14)19(17)22/h3-12H,1-2H3. The molecule has 2 aromatic carbocycles. The predicted molar refractivity (Wildman–Crippen MR) is 89.7 cm³/mol. The van der Waals surface area contributed by atoms with E-state index in [1.165, 1.54) is 0 Å². The lowest BCUT2D eigenvalue weighted by atomic mass is 9.81. The first-order chi connectivity index (χ1) is 11.5. The first-order valence-corrected chi connectivity index (χ1v) is 7.69. The third-order valence-corrected chi connectivity index (χ3v) is 3.73. The zero-order valence-corrected chi connectivity index (χ0v) is 13.4. The van der Waals surface area contributed by atoms with Crippen molar-refractivity contribution in [3.05, 3.63) is 76.9 Å². The molecule has 0 fully saturated rings. The number of ether oxygens (including phenoxy) is 1. The van der Waals surface area contributed by atoms with Gasteiger partial charge in [-0.1, -0.05) is 54.6 Å². The van der Waals surface area contributed by atoms with Crippen LogP contribution in [0.25, 0.3) is 5.57 Å². The quantitative estimate of drug-likeness (QED) is 0.642. The summed E-state index contributed by atoms with van der Waals surface area (Å²) in [4.78, 5) is 38.3. The minimum atomic E-state index is -0.767. The molecule has 0 N–H and O–H groups in total. The van der Waals surface area contributed by atoms with E-state index in [2.05, 4.69) is 0 Å². The summed E-state index contributed by atoms with van der Waals surface area (Å²) in [5.74, 6) is -1.58. The van der Waals surface area contributed by atoms with Crippen molar-refractivity contribution in [2.24, 2.45) is 0 Å². The fraction of sp³-hybridized carbons (Fsp3) is 0.150. The van der Waals surface area contributed by atoms with Crippen molar-refractivity contribution in [1.29, 1.82) is 0 Å². The average molecular weight is 320 g/mol. The average Bonchev–Trinajstić information content (AvgIpc) is 2.58. The maximum atomic E-state index is 12.9. The zero-order chi connectivity index (χ0) is 17.3. The highest BCUT2D eigenvalue weighted by molar-refractivity contribution is 6.46. The molecule has 0 aliphatic heterocycles. The third-order valence-electron chi connectivity index (χ3n) is 3.73. The van der Waals surface area contributed by atoms with Crippen LogP contribution in [0.2, 0.25) is 0 Å². The van der Waals surface area contributed by atoms with Crippen LogP contribution >= 0.6 is 0 Å². The van der Waals surface area contributed by atoms with Crippen LogP contribution in [0.15, 0.2) is 60.2 Å². The van der Waals surface area contributed by atoms with Gasteiger partial charge in [0, 0.05) is 16.7 Å². The summed E-state index contributed by atoms with van der Waals surface area (Å²) in [6, 6.07) is 15.3. The van der Waals surface area contributed by atoms with Gasteiger partial charge in [0.15, 0.2) is 5.78 Å². The number of Topliss-reactive ketones (excluding diaryl/α,β-unsaturated/α-hetero) is 2. The smallest absolute Gasteiger partial charge is 0.343 e. The Bertz CT molecular complexity index is 860. The van der Waals surface area contributed by atoms with E-state index in [0.29, 0.717) is 11.1 Å². The fourth-order valence-electron chi connectivity index (χ4n) is 2.72. The van der Waals surface area contributed by atoms with Gasteiger partial charge in [-0.15, -0.1) is 0 Å². The van der Waals surface area contributed by atoms with E-state index in [1.807, 2.05) is 0 Å². The number of ketones is 2. The number of fused-ring (bicyclic) bond motifs is 1. The summed E-state index contributed by atoms with van der Waals surface area (Å²) in [6.45, 7) is 3.40. The van der Waals surface area contributed by atoms with Crippen LogP contribution in [0.5, 0.6) is 0 Å². The first kappa shape index (κ1) is 15.9. The molecule has 0 spiro atoms. The Labute approximate surface area is 139 Å². The third kappa shape index (κ3) is 2.67. The van der Waals surface area contributed by atoms with Gasteiger partial charge in [-0.2, -0.15) is 0 Å². The second kappa shape index (κ2) is 6.24. The number of benzene rings is 2. The highest BCUT2D eigenvalue weighted by Gasteiger charge is 2.37.